The van der Waals surface area contributed by atoms with Crippen LogP contribution >= 0.6 is 0 Å². The number of benzene rings is 2. The summed E-state index contributed by atoms with van der Waals surface area (Å²) in [5.74, 6) is 0. The van der Waals surface area contributed by atoms with E-state index in [1.165, 1.54) is 11.3 Å². The van der Waals surface area contributed by atoms with E-state index in [4.69, 9.17) is 9.47 Å². The molecule has 0 spiro atoms. The zero-order valence-corrected chi connectivity index (χ0v) is 17.3. The molecule has 7 nitrogen and oxygen atoms in total. The molecule has 2 aliphatic rings. The molecule has 2 fully saturated rings. The van der Waals surface area contributed by atoms with Crippen molar-refractivity contribution >= 4 is 5.69 Å². The normalized spacial score (nSPS) is 25.4. The Morgan fingerprint density at radius 1 is 1.00 bits per heavy atom. The van der Waals surface area contributed by atoms with Gasteiger partial charge in [0.25, 0.3) is 0 Å². The highest BCUT2D eigenvalue weighted by Gasteiger charge is 2.48. The standard InChI is InChI=1S/C23H27N5O2/c1-27(2)18-10-8-16(9-11-18)12-24-20-14-29-23-21(15-30-22(20)23)28-13-19(25-26-28)17-6-4-3-5-7-17/h3-11,13,20-24H,12,14-15H2,1-2H3/t20-,21+,22-,23+/m1/s1. The predicted octanol–water partition coefficient (Wildman–Crippen LogP) is 2.51. The molecule has 4 atom stereocenters. The van der Waals surface area contributed by atoms with Crippen molar-refractivity contribution in [2.45, 2.75) is 30.8 Å². The van der Waals surface area contributed by atoms with Crippen LogP contribution in [0.2, 0.25) is 0 Å². The molecular formula is C23H27N5O2. The number of hydrogen-bond donors (Lipinski definition) is 1. The molecule has 0 aliphatic carbocycles. The average Bonchev–Trinajstić information content (AvgIpc) is 3.50. The van der Waals surface area contributed by atoms with Gasteiger partial charge in [-0.05, 0) is 17.7 Å². The molecule has 1 aromatic heterocycles. The van der Waals surface area contributed by atoms with Gasteiger partial charge in [0.1, 0.15) is 23.9 Å². The third-order valence-corrected chi connectivity index (χ3v) is 5.97. The first kappa shape index (κ1) is 19.2. The van der Waals surface area contributed by atoms with Gasteiger partial charge in [-0.2, -0.15) is 0 Å². The van der Waals surface area contributed by atoms with Crippen molar-refractivity contribution in [1.82, 2.24) is 20.3 Å². The minimum Gasteiger partial charge on any atom is -0.378 e. The van der Waals surface area contributed by atoms with E-state index < -0.39 is 0 Å². The molecule has 0 saturated carbocycles. The van der Waals surface area contributed by atoms with Crippen molar-refractivity contribution in [2.75, 3.05) is 32.2 Å². The summed E-state index contributed by atoms with van der Waals surface area (Å²) >= 11 is 0. The van der Waals surface area contributed by atoms with Crippen LogP contribution in [0.3, 0.4) is 0 Å². The lowest BCUT2D eigenvalue weighted by atomic mass is 10.1. The summed E-state index contributed by atoms with van der Waals surface area (Å²) in [6.07, 6.45) is 2.01. The SMILES string of the molecule is CN(C)c1ccc(CN[C@@H]2CO[C@@H]3[C@@H]2OC[C@@H]3n2cc(-c3ccccc3)nn2)cc1. The zero-order chi connectivity index (χ0) is 20.5. The fraction of sp³-hybridized carbons (Fsp3) is 0.391. The first-order valence-corrected chi connectivity index (χ1v) is 10.4. The molecule has 30 heavy (non-hydrogen) atoms. The molecule has 156 valence electrons. The van der Waals surface area contributed by atoms with Crippen molar-refractivity contribution in [2.24, 2.45) is 0 Å². The molecule has 2 aliphatic heterocycles. The number of nitrogens with zero attached hydrogens (tertiary/aromatic N) is 4. The molecule has 0 bridgehead atoms. The monoisotopic (exact) mass is 405 g/mol. The second kappa shape index (κ2) is 8.18. The Balaban J connectivity index is 1.21. The van der Waals surface area contributed by atoms with E-state index >= 15 is 0 Å². The van der Waals surface area contributed by atoms with Gasteiger partial charge in [0.15, 0.2) is 0 Å². The van der Waals surface area contributed by atoms with E-state index in [1.54, 1.807) is 0 Å². The summed E-state index contributed by atoms with van der Waals surface area (Å²) in [4.78, 5) is 2.10. The van der Waals surface area contributed by atoms with Crippen LogP contribution in [-0.4, -0.2) is 60.6 Å². The first-order chi connectivity index (χ1) is 14.7. The summed E-state index contributed by atoms with van der Waals surface area (Å²) in [7, 11) is 4.10. The van der Waals surface area contributed by atoms with Crippen molar-refractivity contribution in [3.63, 3.8) is 0 Å². The van der Waals surface area contributed by atoms with Crippen LogP contribution in [0, 0.1) is 0 Å². The molecular weight excluding hydrogens is 378 g/mol. The molecule has 2 aromatic carbocycles. The lowest BCUT2D eigenvalue weighted by Gasteiger charge is -2.18. The molecule has 0 amide bonds. The quantitative estimate of drug-likeness (QED) is 0.680. The number of fused-ring (bicyclic) bond motifs is 1. The van der Waals surface area contributed by atoms with Crippen LogP contribution in [0.15, 0.2) is 60.8 Å². The number of aromatic nitrogens is 3. The van der Waals surface area contributed by atoms with E-state index in [2.05, 4.69) is 58.9 Å². The van der Waals surface area contributed by atoms with Crippen LogP contribution in [0.4, 0.5) is 5.69 Å². The van der Waals surface area contributed by atoms with Crippen molar-refractivity contribution in [1.29, 1.82) is 0 Å². The van der Waals surface area contributed by atoms with E-state index in [0.29, 0.717) is 13.2 Å². The molecule has 3 heterocycles. The number of anilines is 1. The van der Waals surface area contributed by atoms with E-state index in [1.807, 2.05) is 41.2 Å². The second-order valence-electron chi connectivity index (χ2n) is 8.16. The third kappa shape index (κ3) is 3.71. The lowest BCUT2D eigenvalue weighted by Crippen LogP contribution is -2.40. The van der Waals surface area contributed by atoms with Crippen LogP contribution in [0.25, 0.3) is 11.3 Å². The summed E-state index contributed by atoms with van der Waals surface area (Å²) in [6.45, 7) is 2.02. The summed E-state index contributed by atoms with van der Waals surface area (Å²) in [5.41, 5.74) is 4.38. The fourth-order valence-corrected chi connectivity index (χ4v) is 4.22. The largest absolute Gasteiger partial charge is 0.378 e. The smallest absolute Gasteiger partial charge is 0.113 e. The van der Waals surface area contributed by atoms with E-state index in [9.17, 15) is 0 Å². The Kier molecular flexibility index (Phi) is 5.25. The molecule has 0 unspecified atom stereocenters. The maximum atomic E-state index is 6.13. The number of ether oxygens (including phenoxy) is 2. The topological polar surface area (TPSA) is 64.4 Å². The van der Waals surface area contributed by atoms with Crippen LogP contribution in [0.5, 0.6) is 0 Å². The molecule has 5 rings (SSSR count). The van der Waals surface area contributed by atoms with Gasteiger partial charge in [0.2, 0.25) is 0 Å². The maximum absolute atomic E-state index is 6.13. The average molecular weight is 406 g/mol. The molecule has 0 radical (unpaired) electrons. The van der Waals surface area contributed by atoms with Gasteiger partial charge in [-0.1, -0.05) is 47.7 Å². The molecule has 3 aromatic rings. The van der Waals surface area contributed by atoms with E-state index in [0.717, 1.165) is 17.8 Å². The van der Waals surface area contributed by atoms with Gasteiger partial charge in [0.05, 0.1) is 25.5 Å². The number of rotatable bonds is 6. The minimum atomic E-state index is -0.0102. The zero-order valence-electron chi connectivity index (χ0n) is 17.3. The van der Waals surface area contributed by atoms with Crippen LogP contribution < -0.4 is 10.2 Å². The summed E-state index contributed by atoms with van der Waals surface area (Å²) < 4.78 is 14.2. The molecule has 7 heteroatoms. The molecule has 1 N–H and O–H groups in total. The Hall–Kier alpha value is -2.74. The first-order valence-electron chi connectivity index (χ1n) is 10.4. The highest BCUT2D eigenvalue weighted by Crippen LogP contribution is 2.34. The van der Waals surface area contributed by atoms with Crippen LogP contribution in [-0.2, 0) is 16.0 Å². The highest BCUT2D eigenvalue weighted by molar-refractivity contribution is 5.57. The summed E-state index contributed by atoms with van der Waals surface area (Å²) in [6, 6.07) is 18.9. The number of nitrogens with one attached hydrogen (secondary N) is 1. The number of hydrogen-bond acceptors (Lipinski definition) is 6. The second-order valence-corrected chi connectivity index (χ2v) is 8.16. The fourth-order valence-electron chi connectivity index (χ4n) is 4.22. The van der Waals surface area contributed by atoms with Gasteiger partial charge in [-0.3, -0.25) is 0 Å². The van der Waals surface area contributed by atoms with Crippen molar-refractivity contribution in [3.05, 3.63) is 66.4 Å². The van der Waals surface area contributed by atoms with Gasteiger partial charge >= 0.3 is 0 Å². The predicted molar refractivity (Wildman–Crippen MR) is 115 cm³/mol. The van der Waals surface area contributed by atoms with Gasteiger partial charge < -0.3 is 19.7 Å². The van der Waals surface area contributed by atoms with Crippen molar-refractivity contribution < 1.29 is 9.47 Å². The van der Waals surface area contributed by atoms with Gasteiger partial charge in [-0.15, -0.1) is 5.10 Å². The summed E-state index contributed by atoms with van der Waals surface area (Å²) in [5, 5.41) is 12.3. The Morgan fingerprint density at radius 2 is 1.77 bits per heavy atom. The highest BCUT2D eigenvalue weighted by atomic mass is 16.6. The third-order valence-electron chi connectivity index (χ3n) is 5.97. The Labute approximate surface area is 176 Å². The minimum absolute atomic E-state index is 0.0102. The van der Waals surface area contributed by atoms with Crippen LogP contribution in [0.1, 0.15) is 11.6 Å². The van der Waals surface area contributed by atoms with E-state index in [-0.39, 0.29) is 24.3 Å². The maximum Gasteiger partial charge on any atom is 0.113 e. The lowest BCUT2D eigenvalue weighted by molar-refractivity contribution is 0.0620. The Bertz CT molecular complexity index is 973. The molecule has 2 saturated heterocycles. The van der Waals surface area contributed by atoms with Gasteiger partial charge in [0, 0.05) is 31.9 Å². The Morgan fingerprint density at radius 3 is 2.53 bits per heavy atom. The van der Waals surface area contributed by atoms with Gasteiger partial charge in [-0.25, -0.2) is 4.68 Å². The van der Waals surface area contributed by atoms with Crippen molar-refractivity contribution in [3.8, 4) is 11.3 Å².